The molecule has 0 aliphatic carbocycles. The van der Waals surface area contributed by atoms with E-state index in [2.05, 4.69) is 4.74 Å². The summed E-state index contributed by atoms with van der Waals surface area (Å²) in [5, 5.41) is 4.26. The van der Waals surface area contributed by atoms with Crippen LogP contribution in [0.25, 0.3) is 0 Å². The zero-order valence-corrected chi connectivity index (χ0v) is 9.29. The monoisotopic (exact) mass is 324 g/mol. The first-order valence-electron chi connectivity index (χ1n) is 3.90. The van der Waals surface area contributed by atoms with E-state index in [4.69, 9.17) is 5.11 Å². The van der Waals surface area contributed by atoms with Crippen LogP contribution in [0.4, 0.5) is 26.3 Å². The number of hydrogen-bond donors (Lipinski definition) is 1. The second kappa shape index (κ2) is 4.73. The van der Waals surface area contributed by atoms with Gasteiger partial charge in [-0.1, -0.05) is 0 Å². The van der Waals surface area contributed by atoms with Crippen molar-refractivity contribution in [3.8, 4) is 5.75 Å². The number of aliphatic hydroxyl groups is 1. The maximum absolute atomic E-state index is 13.0. The molecule has 0 unspecified atom stereocenters. The fraction of sp³-hybridized carbons (Fsp3) is 0.250. The summed E-state index contributed by atoms with van der Waals surface area (Å²) in [5.41, 5.74) is -1.31. The van der Waals surface area contributed by atoms with E-state index in [9.17, 15) is 26.3 Å². The molecule has 0 aliphatic heterocycles. The summed E-state index contributed by atoms with van der Waals surface area (Å²) in [7, 11) is 0. The van der Waals surface area contributed by atoms with E-state index in [1.165, 1.54) is 0 Å². The summed E-state index contributed by atoms with van der Waals surface area (Å²) in [4.78, 5) is 0. The lowest BCUT2D eigenvalue weighted by molar-refractivity contribution is -0.0853. The van der Waals surface area contributed by atoms with Gasteiger partial charge < -0.3 is 9.84 Å². The standard InChI is InChI=1S/C8H3BrF6O2/c9-8(14,15)17-7-5(12)3(10)2(1-16)4(11)6(7)13/h16H,1H2. The molecular formula is C8H3BrF6O2. The van der Waals surface area contributed by atoms with Crippen LogP contribution in [-0.4, -0.2) is 10.1 Å². The second-order valence-corrected chi connectivity index (χ2v) is 3.69. The number of rotatable bonds is 3. The van der Waals surface area contributed by atoms with E-state index >= 15 is 0 Å². The van der Waals surface area contributed by atoms with E-state index in [0.29, 0.717) is 0 Å². The zero-order valence-electron chi connectivity index (χ0n) is 7.71. The molecule has 96 valence electrons. The average molecular weight is 325 g/mol. The van der Waals surface area contributed by atoms with Gasteiger partial charge in [0.15, 0.2) is 11.6 Å². The molecule has 1 rings (SSSR count). The van der Waals surface area contributed by atoms with Crippen LogP contribution in [0, 0.1) is 23.3 Å². The Labute approximate surface area is 98.9 Å². The molecule has 0 amide bonds. The first-order chi connectivity index (χ1) is 7.69. The first kappa shape index (κ1) is 14.1. The molecule has 0 bridgehead atoms. The third-order valence-corrected chi connectivity index (χ3v) is 1.85. The summed E-state index contributed by atoms with van der Waals surface area (Å²) >= 11 is 1.59. The van der Waals surface area contributed by atoms with E-state index in [-0.39, 0.29) is 0 Å². The van der Waals surface area contributed by atoms with Crippen LogP contribution >= 0.6 is 15.9 Å². The van der Waals surface area contributed by atoms with Crippen molar-refractivity contribution < 1.29 is 36.2 Å². The van der Waals surface area contributed by atoms with Crippen LogP contribution in [0.1, 0.15) is 5.56 Å². The van der Waals surface area contributed by atoms with Crippen LogP contribution in [-0.2, 0) is 6.61 Å². The first-order valence-corrected chi connectivity index (χ1v) is 4.69. The highest BCUT2D eigenvalue weighted by atomic mass is 79.9. The zero-order chi connectivity index (χ0) is 13.4. The summed E-state index contributed by atoms with van der Waals surface area (Å²) in [6.45, 7) is -1.34. The van der Waals surface area contributed by atoms with Gasteiger partial charge in [0.1, 0.15) is 0 Å². The highest BCUT2D eigenvalue weighted by Crippen LogP contribution is 2.35. The average Bonchev–Trinajstić information content (AvgIpc) is 2.21. The number of alkyl halides is 3. The minimum Gasteiger partial charge on any atom is -0.417 e. The predicted molar refractivity (Wildman–Crippen MR) is 46.7 cm³/mol. The van der Waals surface area contributed by atoms with Crippen molar-refractivity contribution in [1.29, 1.82) is 0 Å². The van der Waals surface area contributed by atoms with Crippen LogP contribution in [0.3, 0.4) is 0 Å². The molecule has 9 heteroatoms. The van der Waals surface area contributed by atoms with Gasteiger partial charge in [-0.2, -0.15) is 17.6 Å². The Hall–Kier alpha value is -0.960. The van der Waals surface area contributed by atoms with Crippen molar-refractivity contribution in [3.05, 3.63) is 28.8 Å². The summed E-state index contributed by atoms with van der Waals surface area (Å²) in [6.07, 6.45) is 0. The van der Waals surface area contributed by atoms with Crippen molar-refractivity contribution in [2.75, 3.05) is 0 Å². The van der Waals surface area contributed by atoms with E-state index in [1.807, 2.05) is 0 Å². The van der Waals surface area contributed by atoms with Gasteiger partial charge in [0, 0.05) is 15.9 Å². The summed E-state index contributed by atoms with van der Waals surface area (Å²) in [5.74, 6) is -10.2. The lowest BCUT2D eigenvalue weighted by Crippen LogP contribution is -2.19. The van der Waals surface area contributed by atoms with Gasteiger partial charge in [0.2, 0.25) is 17.4 Å². The fourth-order valence-electron chi connectivity index (χ4n) is 1.00. The van der Waals surface area contributed by atoms with Gasteiger partial charge in [-0.05, 0) is 0 Å². The Kier molecular flexibility index (Phi) is 3.92. The van der Waals surface area contributed by atoms with Crippen molar-refractivity contribution in [2.45, 2.75) is 11.6 Å². The third kappa shape index (κ3) is 2.83. The van der Waals surface area contributed by atoms with Gasteiger partial charge >= 0.3 is 5.02 Å². The Morgan fingerprint density at radius 1 is 1.00 bits per heavy atom. The number of benzene rings is 1. The van der Waals surface area contributed by atoms with Crippen LogP contribution in [0.15, 0.2) is 0 Å². The minimum absolute atomic E-state index is 1.31. The molecular weight excluding hydrogens is 322 g/mol. The Bertz CT molecular complexity index is 416. The maximum atomic E-state index is 13.0. The van der Waals surface area contributed by atoms with Crippen LogP contribution < -0.4 is 4.74 Å². The lowest BCUT2D eigenvalue weighted by Gasteiger charge is -2.14. The van der Waals surface area contributed by atoms with Crippen molar-refractivity contribution in [3.63, 3.8) is 0 Å². The SMILES string of the molecule is OCc1c(F)c(F)c(OC(F)(F)Br)c(F)c1F. The Balaban J connectivity index is 3.43. The molecule has 1 aromatic carbocycles. The summed E-state index contributed by atoms with van der Waals surface area (Å²) < 4.78 is 80.0. The number of ether oxygens (including phenoxy) is 1. The highest BCUT2D eigenvalue weighted by Gasteiger charge is 2.34. The topological polar surface area (TPSA) is 29.5 Å². The van der Waals surface area contributed by atoms with E-state index in [1.54, 1.807) is 15.9 Å². The summed E-state index contributed by atoms with van der Waals surface area (Å²) in [6, 6.07) is 0. The normalized spacial score (nSPS) is 11.8. The van der Waals surface area contributed by atoms with Gasteiger partial charge in [0.25, 0.3) is 0 Å². The number of aliphatic hydroxyl groups excluding tert-OH is 1. The smallest absolute Gasteiger partial charge is 0.417 e. The molecule has 17 heavy (non-hydrogen) atoms. The molecule has 0 atom stereocenters. The van der Waals surface area contributed by atoms with Gasteiger partial charge in [-0.25, -0.2) is 8.78 Å². The molecule has 0 saturated carbocycles. The van der Waals surface area contributed by atoms with Gasteiger partial charge in [-0.3, -0.25) is 0 Å². The van der Waals surface area contributed by atoms with Crippen LogP contribution in [0.2, 0.25) is 0 Å². The molecule has 2 nitrogen and oxygen atoms in total. The minimum atomic E-state index is -4.20. The molecule has 0 saturated heterocycles. The quantitative estimate of drug-likeness (QED) is 0.526. The molecule has 0 spiro atoms. The molecule has 0 heterocycles. The Morgan fingerprint density at radius 3 is 1.71 bits per heavy atom. The van der Waals surface area contributed by atoms with Crippen LogP contribution in [0.5, 0.6) is 5.75 Å². The largest absolute Gasteiger partial charge is 0.459 e. The molecule has 0 fully saturated rings. The Morgan fingerprint density at radius 2 is 1.41 bits per heavy atom. The van der Waals surface area contributed by atoms with E-state index in [0.717, 1.165) is 0 Å². The highest BCUT2D eigenvalue weighted by molar-refractivity contribution is 9.09. The molecule has 1 N–H and O–H groups in total. The number of halogens is 7. The van der Waals surface area contributed by atoms with E-state index < -0.39 is 46.2 Å². The molecule has 0 radical (unpaired) electrons. The predicted octanol–water partition coefficient (Wildman–Crippen LogP) is 3.06. The second-order valence-electron chi connectivity index (χ2n) is 2.77. The molecule has 1 aromatic rings. The molecule has 0 aromatic heterocycles. The van der Waals surface area contributed by atoms with Crippen molar-refractivity contribution >= 4 is 15.9 Å². The van der Waals surface area contributed by atoms with Crippen molar-refractivity contribution in [2.24, 2.45) is 0 Å². The number of hydrogen-bond acceptors (Lipinski definition) is 2. The third-order valence-electron chi connectivity index (χ3n) is 1.69. The van der Waals surface area contributed by atoms with Gasteiger partial charge in [0.05, 0.1) is 12.2 Å². The van der Waals surface area contributed by atoms with Gasteiger partial charge in [-0.15, -0.1) is 0 Å². The van der Waals surface area contributed by atoms with Crippen molar-refractivity contribution in [1.82, 2.24) is 0 Å². The lowest BCUT2D eigenvalue weighted by atomic mass is 10.1. The fourth-order valence-corrected chi connectivity index (χ4v) is 1.16. The maximum Gasteiger partial charge on any atom is 0.459 e. The molecule has 0 aliphatic rings.